The number of carbonyl (C=O) groups is 2. The van der Waals surface area contributed by atoms with Crippen LogP contribution in [-0.4, -0.2) is 35.5 Å². The van der Waals surface area contributed by atoms with Gasteiger partial charge in [-0.15, -0.1) is 0 Å². The number of aliphatic carboxylic acids is 1. The van der Waals surface area contributed by atoms with Crippen molar-refractivity contribution in [3.8, 4) is 0 Å². The Hall–Kier alpha value is -2.17. The number of carboxylic acids is 1. The highest BCUT2D eigenvalue weighted by Gasteiger charge is 2.15. The number of carboxylic acid groups (broad SMARTS) is 1. The van der Waals surface area contributed by atoms with Gasteiger partial charge in [0.25, 0.3) is 5.91 Å². The van der Waals surface area contributed by atoms with E-state index in [0.29, 0.717) is 12.1 Å². The summed E-state index contributed by atoms with van der Waals surface area (Å²) >= 11 is 0. The quantitative estimate of drug-likeness (QED) is 0.832. The van der Waals surface area contributed by atoms with Crippen LogP contribution in [0.25, 0.3) is 6.08 Å². The first kappa shape index (κ1) is 14.9. The fraction of sp³-hybridized carbons (Fsp3) is 0.286. The molecule has 0 atom stereocenters. The molecule has 0 bridgehead atoms. The van der Waals surface area contributed by atoms with Crippen LogP contribution in [0.3, 0.4) is 0 Å². The van der Waals surface area contributed by atoms with Crippen molar-refractivity contribution in [1.82, 2.24) is 4.90 Å². The first-order valence-electron chi connectivity index (χ1n) is 5.91. The van der Waals surface area contributed by atoms with Gasteiger partial charge in [-0.2, -0.15) is 0 Å². The third-order valence-electron chi connectivity index (χ3n) is 2.54. The second kappa shape index (κ2) is 6.68. The van der Waals surface area contributed by atoms with Crippen LogP contribution in [0.15, 0.2) is 24.3 Å². The van der Waals surface area contributed by atoms with Crippen molar-refractivity contribution in [1.29, 1.82) is 0 Å². The molecule has 1 aromatic carbocycles. The Morgan fingerprint density at radius 2 is 2.11 bits per heavy atom. The van der Waals surface area contributed by atoms with E-state index in [-0.39, 0.29) is 5.56 Å². The minimum Gasteiger partial charge on any atom is -0.478 e. The standard InChI is InChI=1S/C14H16FNO3/c1-3-8-16(2)14(19)11-9-10(4-6-12(11)15)5-7-13(17)18/h4-7,9H,3,8H2,1-2H3,(H,17,18). The first-order chi connectivity index (χ1) is 8.95. The van der Waals surface area contributed by atoms with Gasteiger partial charge in [-0.05, 0) is 30.2 Å². The van der Waals surface area contributed by atoms with Crippen LogP contribution in [0.1, 0.15) is 29.3 Å². The van der Waals surface area contributed by atoms with Gasteiger partial charge >= 0.3 is 5.97 Å². The summed E-state index contributed by atoms with van der Waals surface area (Å²) in [7, 11) is 1.60. The summed E-state index contributed by atoms with van der Waals surface area (Å²) in [5.41, 5.74) is 0.417. The van der Waals surface area contributed by atoms with E-state index >= 15 is 0 Å². The molecular formula is C14H16FNO3. The minimum absolute atomic E-state index is 0.0523. The fourth-order valence-corrected chi connectivity index (χ4v) is 1.62. The van der Waals surface area contributed by atoms with E-state index in [1.807, 2.05) is 6.92 Å². The maximum absolute atomic E-state index is 13.6. The Labute approximate surface area is 111 Å². The lowest BCUT2D eigenvalue weighted by molar-refractivity contribution is -0.131. The molecule has 0 unspecified atom stereocenters. The highest BCUT2D eigenvalue weighted by molar-refractivity contribution is 5.95. The number of amides is 1. The Bertz CT molecular complexity index is 511. The summed E-state index contributed by atoms with van der Waals surface area (Å²) in [5.74, 6) is -2.12. The Morgan fingerprint density at radius 1 is 1.42 bits per heavy atom. The Balaban J connectivity index is 3.03. The number of nitrogens with zero attached hydrogens (tertiary/aromatic N) is 1. The molecule has 1 amide bonds. The molecule has 0 aromatic heterocycles. The maximum Gasteiger partial charge on any atom is 0.328 e. The van der Waals surface area contributed by atoms with Gasteiger partial charge in [0, 0.05) is 19.7 Å². The van der Waals surface area contributed by atoms with E-state index in [4.69, 9.17) is 5.11 Å². The van der Waals surface area contributed by atoms with E-state index in [1.54, 1.807) is 7.05 Å². The molecule has 0 radical (unpaired) electrons. The molecule has 0 saturated heterocycles. The molecule has 0 aliphatic rings. The summed E-state index contributed by atoms with van der Waals surface area (Å²) in [6.07, 6.45) is 3.04. The zero-order valence-corrected chi connectivity index (χ0v) is 10.9. The van der Waals surface area contributed by atoms with Crippen LogP contribution in [-0.2, 0) is 4.79 Å². The predicted octanol–water partition coefficient (Wildman–Crippen LogP) is 2.41. The summed E-state index contributed by atoms with van der Waals surface area (Å²) < 4.78 is 13.6. The number of hydrogen-bond donors (Lipinski definition) is 1. The SMILES string of the molecule is CCCN(C)C(=O)c1cc(C=CC(=O)O)ccc1F. The second-order valence-electron chi connectivity index (χ2n) is 4.14. The van der Waals surface area contributed by atoms with Crippen LogP contribution >= 0.6 is 0 Å². The minimum atomic E-state index is -1.10. The normalized spacial score (nSPS) is 10.7. The highest BCUT2D eigenvalue weighted by Crippen LogP contribution is 2.14. The van der Waals surface area contributed by atoms with Crippen LogP contribution in [0.5, 0.6) is 0 Å². The molecule has 19 heavy (non-hydrogen) atoms. The van der Waals surface area contributed by atoms with Crippen molar-refractivity contribution in [2.75, 3.05) is 13.6 Å². The molecule has 0 spiro atoms. The third-order valence-corrected chi connectivity index (χ3v) is 2.54. The summed E-state index contributed by atoms with van der Waals surface area (Å²) in [4.78, 5) is 23.8. The van der Waals surface area contributed by atoms with Crippen molar-refractivity contribution < 1.29 is 19.1 Å². The summed E-state index contributed by atoms with van der Waals surface area (Å²) in [6, 6.07) is 3.93. The van der Waals surface area contributed by atoms with E-state index in [0.717, 1.165) is 18.6 Å². The van der Waals surface area contributed by atoms with Gasteiger partial charge in [0.15, 0.2) is 0 Å². The molecule has 1 rings (SSSR count). The van der Waals surface area contributed by atoms with Crippen molar-refractivity contribution in [3.05, 3.63) is 41.2 Å². The van der Waals surface area contributed by atoms with E-state index in [2.05, 4.69) is 0 Å². The highest BCUT2D eigenvalue weighted by atomic mass is 19.1. The molecule has 5 heteroatoms. The first-order valence-corrected chi connectivity index (χ1v) is 5.91. The number of carbonyl (C=O) groups excluding carboxylic acids is 1. The van der Waals surface area contributed by atoms with Crippen molar-refractivity contribution in [3.63, 3.8) is 0 Å². The zero-order chi connectivity index (χ0) is 14.4. The molecule has 102 valence electrons. The molecule has 0 saturated carbocycles. The van der Waals surface area contributed by atoms with Gasteiger partial charge in [0.1, 0.15) is 5.82 Å². The van der Waals surface area contributed by atoms with Crippen molar-refractivity contribution in [2.45, 2.75) is 13.3 Å². The Morgan fingerprint density at radius 3 is 2.68 bits per heavy atom. The average Bonchev–Trinajstić information content (AvgIpc) is 2.37. The molecule has 0 heterocycles. The summed E-state index contributed by atoms with van der Waals surface area (Å²) in [5, 5.41) is 8.53. The molecule has 1 N–H and O–H groups in total. The van der Waals surface area contributed by atoms with E-state index in [1.165, 1.54) is 23.1 Å². The number of halogens is 1. The fourth-order valence-electron chi connectivity index (χ4n) is 1.62. The number of hydrogen-bond acceptors (Lipinski definition) is 2. The monoisotopic (exact) mass is 265 g/mol. The largest absolute Gasteiger partial charge is 0.478 e. The lowest BCUT2D eigenvalue weighted by Gasteiger charge is -2.16. The van der Waals surface area contributed by atoms with Crippen molar-refractivity contribution >= 4 is 18.0 Å². The number of benzene rings is 1. The Kier molecular flexibility index (Phi) is 5.23. The van der Waals surface area contributed by atoms with Gasteiger partial charge in [0.05, 0.1) is 5.56 Å². The molecule has 4 nitrogen and oxygen atoms in total. The van der Waals surface area contributed by atoms with Gasteiger partial charge in [-0.25, -0.2) is 9.18 Å². The molecule has 0 fully saturated rings. The molecular weight excluding hydrogens is 249 g/mol. The van der Waals surface area contributed by atoms with E-state index < -0.39 is 17.7 Å². The van der Waals surface area contributed by atoms with Gasteiger partial charge in [0.2, 0.25) is 0 Å². The third kappa shape index (κ3) is 4.21. The van der Waals surface area contributed by atoms with Crippen LogP contribution in [0, 0.1) is 5.82 Å². The van der Waals surface area contributed by atoms with Crippen molar-refractivity contribution in [2.24, 2.45) is 0 Å². The van der Waals surface area contributed by atoms with Gasteiger partial charge in [-0.1, -0.05) is 13.0 Å². The zero-order valence-electron chi connectivity index (χ0n) is 10.9. The van der Waals surface area contributed by atoms with E-state index in [9.17, 15) is 14.0 Å². The average molecular weight is 265 g/mol. The molecule has 1 aromatic rings. The van der Waals surface area contributed by atoms with Gasteiger partial charge in [-0.3, -0.25) is 4.79 Å². The molecule has 0 aliphatic heterocycles. The lowest BCUT2D eigenvalue weighted by atomic mass is 10.1. The number of rotatable bonds is 5. The lowest BCUT2D eigenvalue weighted by Crippen LogP contribution is -2.28. The van der Waals surface area contributed by atoms with Crippen LogP contribution in [0.4, 0.5) is 4.39 Å². The summed E-state index contributed by atoms with van der Waals surface area (Å²) in [6.45, 7) is 2.46. The molecule has 0 aliphatic carbocycles. The van der Waals surface area contributed by atoms with Crippen LogP contribution < -0.4 is 0 Å². The smallest absolute Gasteiger partial charge is 0.328 e. The topological polar surface area (TPSA) is 57.6 Å². The predicted molar refractivity (Wildman–Crippen MR) is 70.3 cm³/mol. The van der Waals surface area contributed by atoms with Gasteiger partial charge < -0.3 is 10.0 Å². The maximum atomic E-state index is 13.6. The van der Waals surface area contributed by atoms with Crippen LogP contribution in [0.2, 0.25) is 0 Å². The second-order valence-corrected chi connectivity index (χ2v) is 4.14.